The topological polar surface area (TPSA) is 30.5 Å². The minimum atomic E-state index is -0.0941. The fourth-order valence-electron chi connectivity index (χ4n) is 2.55. The lowest BCUT2D eigenvalue weighted by Crippen LogP contribution is -2.30. The average molecular weight is 237 g/mol. The van der Waals surface area contributed by atoms with Gasteiger partial charge in [-0.1, -0.05) is 25.5 Å². The first-order valence-electron chi connectivity index (χ1n) is 6.48. The summed E-state index contributed by atoms with van der Waals surface area (Å²) in [5.41, 5.74) is 5.67. The minimum absolute atomic E-state index is 0.0941. The number of ether oxygens (including phenoxy) is 1. The van der Waals surface area contributed by atoms with E-state index in [-0.39, 0.29) is 11.7 Å². The Hall–Kier alpha value is -0.800. The van der Waals surface area contributed by atoms with E-state index in [9.17, 15) is 0 Å². The van der Waals surface area contributed by atoms with Crippen LogP contribution < -0.4 is 5.48 Å². The number of rotatable bonds is 3. The maximum Gasteiger partial charge on any atom is 0.183 e. The zero-order valence-electron chi connectivity index (χ0n) is 11.1. The molecular weight excluding hydrogens is 214 g/mol. The average Bonchev–Trinajstić information content (AvgIpc) is 2.25. The van der Waals surface area contributed by atoms with Crippen LogP contribution in [0.4, 0.5) is 0 Å². The van der Waals surface area contributed by atoms with Crippen molar-refractivity contribution in [2.45, 2.75) is 52.7 Å². The molecule has 0 saturated carbocycles. The Morgan fingerprint density at radius 1 is 1.41 bits per heavy atom. The third kappa shape index (κ3) is 3.86. The van der Waals surface area contributed by atoms with Crippen LogP contribution in [-0.2, 0) is 9.57 Å². The van der Waals surface area contributed by atoms with Crippen LogP contribution in [0.25, 0.3) is 0 Å². The summed E-state index contributed by atoms with van der Waals surface area (Å²) in [4.78, 5) is 5.58. The second-order valence-electron chi connectivity index (χ2n) is 5.77. The molecule has 17 heavy (non-hydrogen) atoms. The first-order chi connectivity index (χ1) is 8.05. The van der Waals surface area contributed by atoms with Crippen molar-refractivity contribution >= 4 is 0 Å². The fourth-order valence-corrected chi connectivity index (χ4v) is 2.55. The minimum Gasteiger partial charge on any atom is -0.350 e. The highest BCUT2D eigenvalue weighted by atomic mass is 16.8. The van der Waals surface area contributed by atoms with E-state index in [1.54, 1.807) is 0 Å². The van der Waals surface area contributed by atoms with E-state index < -0.39 is 0 Å². The smallest absolute Gasteiger partial charge is 0.183 e. The van der Waals surface area contributed by atoms with Crippen molar-refractivity contribution in [2.24, 2.45) is 5.41 Å². The largest absolute Gasteiger partial charge is 0.350 e. The molecule has 1 aliphatic carbocycles. The van der Waals surface area contributed by atoms with Crippen molar-refractivity contribution in [3.8, 4) is 0 Å². The van der Waals surface area contributed by atoms with Gasteiger partial charge in [0.2, 0.25) is 0 Å². The molecule has 96 valence electrons. The second-order valence-corrected chi connectivity index (χ2v) is 5.77. The van der Waals surface area contributed by atoms with Crippen LogP contribution in [0.2, 0.25) is 0 Å². The Kier molecular flexibility index (Phi) is 3.89. The Labute approximate surface area is 104 Å². The molecule has 1 unspecified atom stereocenters. The van der Waals surface area contributed by atoms with Gasteiger partial charge >= 0.3 is 0 Å². The molecule has 0 aromatic rings. The predicted octanol–water partition coefficient (Wildman–Crippen LogP) is 3.29. The summed E-state index contributed by atoms with van der Waals surface area (Å²) in [7, 11) is 0. The number of hydrogen-bond acceptors (Lipinski definition) is 3. The first kappa shape index (κ1) is 12.7. The highest BCUT2D eigenvalue weighted by Crippen LogP contribution is 2.32. The van der Waals surface area contributed by atoms with Gasteiger partial charge < -0.3 is 4.74 Å². The maximum atomic E-state index is 5.58. The van der Waals surface area contributed by atoms with Crippen LogP contribution in [0.15, 0.2) is 23.4 Å². The van der Waals surface area contributed by atoms with Gasteiger partial charge in [-0.25, -0.2) is 4.84 Å². The van der Waals surface area contributed by atoms with Crippen molar-refractivity contribution in [2.75, 3.05) is 6.61 Å². The Morgan fingerprint density at radius 2 is 2.24 bits per heavy atom. The highest BCUT2D eigenvalue weighted by molar-refractivity contribution is 5.28. The number of hydrogen-bond donors (Lipinski definition) is 1. The van der Waals surface area contributed by atoms with Gasteiger partial charge in [0.1, 0.15) is 0 Å². The van der Waals surface area contributed by atoms with Gasteiger partial charge in [-0.2, -0.15) is 0 Å². The number of hydroxylamine groups is 1. The van der Waals surface area contributed by atoms with Gasteiger partial charge in [0.15, 0.2) is 6.29 Å². The fraction of sp³-hybridized carbons (Fsp3) is 0.714. The second kappa shape index (κ2) is 5.23. The van der Waals surface area contributed by atoms with Crippen molar-refractivity contribution in [1.82, 2.24) is 5.48 Å². The summed E-state index contributed by atoms with van der Waals surface area (Å²) < 4.78 is 5.52. The molecule has 1 saturated heterocycles. The van der Waals surface area contributed by atoms with E-state index in [0.29, 0.717) is 0 Å². The van der Waals surface area contributed by atoms with Crippen LogP contribution in [0.5, 0.6) is 0 Å². The van der Waals surface area contributed by atoms with Gasteiger partial charge in [0.05, 0.1) is 5.70 Å². The van der Waals surface area contributed by atoms with Crippen LogP contribution in [0.3, 0.4) is 0 Å². The molecule has 1 aliphatic heterocycles. The summed E-state index contributed by atoms with van der Waals surface area (Å²) in [6.45, 7) is 7.45. The van der Waals surface area contributed by atoms with E-state index in [2.05, 4.69) is 38.4 Å². The molecule has 0 bridgehead atoms. The van der Waals surface area contributed by atoms with Gasteiger partial charge in [0.25, 0.3) is 0 Å². The number of allylic oxidation sites excluding steroid dienone is 3. The van der Waals surface area contributed by atoms with Gasteiger partial charge in [0, 0.05) is 13.0 Å². The summed E-state index contributed by atoms with van der Waals surface area (Å²) in [5, 5.41) is 0. The summed E-state index contributed by atoms with van der Waals surface area (Å²) >= 11 is 0. The Balaban J connectivity index is 1.87. The summed E-state index contributed by atoms with van der Waals surface area (Å²) in [6, 6.07) is 0. The third-order valence-electron chi connectivity index (χ3n) is 3.13. The Morgan fingerprint density at radius 3 is 2.88 bits per heavy atom. The van der Waals surface area contributed by atoms with Gasteiger partial charge in [-0.3, -0.25) is 5.48 Å². The standard InChI is InChI=1S/C14H23NO2/c1-11-8-12(10-14(2,3)9-11)15-17-13-6-4-5-7-16-13/h8,10,13,15H,4-7,9H2,1-3H3. The maximum absolute atomic E-state index is 5.58. The zero-order valence-corrected chi connectivity index (χ0v) is 11.1. The van der Waals surface area contributed by atoms with E-state index in [1.807, 2.05) is 0 Å². The van der Waals surface area contributed by atoms with E-state index >= 15 is 0 Å². The molecule has 0 aromatic heterocycles. The van der Waals surface area contributed by atoms with Crippen LogP contribution in [0.1, 0.15) is 46.5 Å². The molecule has 0 amide bonds. The predicted molar refractivity (Wildman–Crippen MR) is 68.0 cm³/mol. The van der Waals surface area contributed by atoms with Crippen LogP contribution in [-0.4, -0.2) is 12.9 Å². The highest BCUT2D eigenvalue weighted by Gasteiger charge is 2.21. The molecule has 0 radical (unpaired) electrons. The molecule has 1 N–H and O–H groups in total. The molecule has 0 spiro atoms. The lowest BCUT2D eigenvalue weighted by molar-refractivity contribution is -0.189. The molecule has 3 heteroatoms. The van der Waals surface area contributed by atoms with E-state index in [0.717, 1.165) is 31.6 Å². The lowest BCUT2D eigenvalue weighted by atomic mass is 9.82. The van der Waals surface area contributed by atoms with Crippen LogP contribution in [0, 0.1) is 5.41 Å². The van der Waals surface area contributed by atoms with Gasteiger partial charge in [-0.15, -0.1) is 0 Å². The van der Waals surface area contributed by atoms with Gasteiger partial charge in [-0.05, 0) is 37.7 Å². The van der Waals surface area contributed by atoms with Crippen molar-refractivity contribution < 1.29 is 9.57 Å². The normalized spacial score (nSPS) is 28.3. The number of nitrogens with one attached hydrogen (secondary N) is 1. The quantitative estimate of drug-likeness (QED) is 0.764. The van der Waals surface area contributed by atoms with E-state index in [1.165, 1.54) is 12.0 Å². The molecule has 1 fully saturated rings. The van der Waals surface area contributed by atoms with Crippen molar-refractivity contribution in [3.63, 3.8) is 0 Å². The SMILES string of the molecule is CC1=CC(NOC2CCCCO2)=CC(C)(C)C1. The summed E-state index contributed by atoms with van der Waals surface area (Å²) in [6.07, 6.45) is 8.70. The third-order valence-corrected chi connectivity index (χ3v) is 3.13. The molecule has 1 heterocycles. The molecule has 3 nitrogen and oxygen atoms in total. The molecule has 2 rings (SSSR count). The lowest BCUT2D eigenvalue weighted by Gasteiger charge is -2.28. The summed E-state index contributed by atoms with van der Waals surface area (Å²) in [5.74, 6) is 0. The van der Waals surface area contributed by atoms with Crippen molar-refractivity contribution in [3.05, 3.63) is 23.4 Å². The Bertz CT molecular complexity index is 325. The zero-order chi connectivity index (χ0) is 12.3. The molecule has 1 atom stereocenters. The molecular formula is C14H23NO2. The van der Waals surface area contributed by atoms with Crippen molar-refractivity contribution in [1.29, 1.82) is 0 Å². The molecule has 2 aliphatic rings. The molecule has 0 aromatic carbocycles. The van der Waals surface area contributed by atoms with E-state index in [4.69, 9.17) is 9.57 Å². The monoisotopic (exact) mass is 237 g/mol. The first-order valence-corrected chi connectivity index (χ1v) is 6.48. The van der Waals surface area contributed by atoms with Crippen LogP contribution >= 0.6 is 0 Å².